The lowest BCUT2D eigenvalue weighted by Gasteiger charge is -2.17. The third-order valence-corrected chi connectivity index (χ3v) is 5.21. The minimum absolute atomic E-state index is 0.0611. The first kappa shape index (κ1) is 26.4. The number of ether oxygens (including phenoxy) is 1. The topological polar surface area (TPSA) is 97.4 Å². The van der Waals surface area contributed by atoms with E-state index in [1.165, 1.54) is 42.5 Å². The van der Waals surface area contributed by atoms with Gasteiger partial charge in [0.15, 0.2) is 5.75 Å². The van der Waals surface area contributed by atoms with Crippen LogP contribution in [0.2, 0.25) is 0 Å². The Balaban J connectivity index is 2.10. The van der Waals surface area contributed by atoms with Crippen molar-refractivity contribution in [1.29, 1.82) is 0 Å². The van der Waals surface area contributed by atoms with Crippen LogP contribution in [0.1, 0.15) is 10.4 Å². The van der Waals surface area contributed by atoms with Gasteiger partial charge in [0.05, 0.1) is 0 Å². The summed E-state index contributed by atoms with van der Waals surface area (Å²) in [6.45, 7) is 0. The van der Waals surface area contributed by atoms with Crippen LogP contribution in [0.3, 0.4) is 0 Å². The molecule has 0 amide bonds. The van der Waals surface area contributed by atoms with Crippen LogP contribution >= 0.6 is 12.3 Å². The summed E-state index contributed by atoms with van der Waals surface area (Å²) < 4.78 is 117. The molecule has 0 N–H and O–H groups in total. The summed E-state index contributed by atoms with van der Waals surface area (Å²) in [6.07, 6.45) is -5.17. The maximum atomic E-state index is 13.0. The zero-order chi connectivity index (χ0) is 25.9. The molecule has 0 unspecified atom stereocenters. The van der Waals surface area contributed by atoms with Crippen molar-refractivity contribution in [2.45, 2.75) is 11.9 Å². The van der Waals surface area contributed by atoms with E-state index < -0.39 is 45.0 Å². The molecular weight excluding hydrogens is 534 g/mol. The fourth-order valence-electron chi connectivity index (χ4n) is 2.54. The lowest BCUT2D eigenvalue weighted by atomic mass is 10.0. The Morgan fingerprint density at radius 2 is 1.46 bits per heavy atom. The number of fused-ring (bicyclic) bond motifs is 1. The molecule has 0 aliphatic carbocycles. The second kappa shape index (κ2) is 10.2. The molecule has 0 spiro atoms. The highest BCUT2D eigenvalue weighted by Gasteiger charge is 2.49. The predicted octanol–water partition coefficient (Wildman–Crippen LogP) is 5.70. The number of para-hydroxylation sites is 1. The average molecular weight is 544 g/mol. The first-order chi connectivity index (χ1) is 16.3. The van der Waals surface area contributed by atoms with Gasteiger partial charge in [-0.25, -0.2) is 4.79 Å². The van der Waals surface area contributed by atoms with Gasteiger partial charge in [0.1, 0.15) is 17.1 Å². The Labute approximate surface area is 196 Å². The number of alkyl halides is 6. The molecule has 188 valence electrons. The number of carbonyl (C=O) groups is 1. The van der Waals surface area contributed by atoms with Crippen LogP contribution in [0.15, 0.2) is 60.7 Å². The summed E-state index contributed by atoms with van der Waals surface area (Å²) in [5.74, 6) is -2.90. The molecule has 0 aliphatic heterocycles. The Kier molecular flexibility index (Phi) is 7.68. The molecule has 0 bridgehead atoms. The van der Waals surface area contributed by atoms with E-state index in [0.717, 1.165) is 6.07 Å². The molecule has 0 fully saturated rings. The van der Waals surface area contributed by atoms with Gasteiger partial charge in [-0.2, -0.15) is 21.6 Å². The molecule has 3 rings (SSSR count). The minimum atomic E-state index is -6.24. The molecule has 35 heavy (non-hydrogen) atoms. The van der Waals surface area contributed by atoms with Crippen molar-refractivity contribution in [1.82, 2.24) is 0 Å². The fourth-order valence-corrected chi connectivity index (χ4v) is 3.37. The van der Waals surface area contributed by atoms with Crippen molar-refractivity contribution in [3.63, 3.8) is 0 Å². The van der Waals surface area contributed by atoms with Crippen LogP contribution in [-0.4, -0.2) is 26.3 Å². The van der Waals surface area contributed by atoms with Gasteiger partial charge in [-0.15, -0.1) is 22.4 Å². The SMILES string of the molecule is O=C(Oc1ccccc1)c1cc(OSOOC(F)(F)F)c2ccccc2c1OS(=O)(=O)C(F)(F)F. The van der Waals surface area contributed by atoms with Crippen LogP contribution in [0, 0.1) is 0 Å². The molecule has 3 aromatic carbocycles. The monoisotopic (exact) mass is 544 g/mol. The zero-order valence-electron chi connectivity index (χ0n) is 16.6. The van der Waals surface area contributed by atoms with E-state index in [2.05, 4.69) is 13.4 Å². The molecule has 0 aliphatic rings. The van der Waals surface area contributed by atoms with E-state index in [1.54, 1.807) is 6.07 Å². The lowest BCUT2D eigenvalue weighted by Crippen LogP contribution is -2.29. The van der Waals surface area contributed by atoms with Gasteiger partial charge in [-0.3, -0.25) is 0 Å². The molecule has 0 saturated carbocycles. The minimum Gasteiger partial charge on any atom is -0.423 e. The van der Waals surface area contributed by atoms with Gasteiger partial charge < -0.3 is 13.1 Å². The Hall–Kier alpha value is -3.21. The summed E-state index contributed by atoms with van der Waals surface area (Å²) in [4.78, 5) is 15.8. The summed E-state index contributed by atoms with van der Waals surface area (Å²) in [5, 5.41) is -0.533. The number of hydrogen-bond acceptors (Lipinski definition) is 9. The van der Waals surface area contributed by atoms with E-state index in [0.29, 0.717) is 6.07 Å². The lowest BCUT2D eigenvalue weighted by molar-refractivity contribution is -0.441. The summed E-state index contributed by atoms with van der Waals surface area (Å²) >= 11 is -0.338. The van der Waals surface area contributed by atoms with Crippen LogP contribution in [-0.2, 0) is 19.3 Å². The van der Waals surface area contributed by atoms with E-state index in [1.807, 2.05) is 0 Å². The van der Waals surface area contributed by atoms with E-state index >= 15 is 0 Å². The number of halogens is 6. The van der Waals surface area contributed by atoms with Crippen LogP contribution in [0.4, 0.5) is 26.3 Å². The molecule has 0 saturated heterocycles. The van der Waals surface area contributed by atoms with E-state index in [-0.39, 0.29) is 28.8 Å². The number of benzene rings is 3. The van der Waals surface area contributed by atoms with Crippen LogP contribution in [0.5, 0.6) is 17.2 Å². The van der Waals surface area contributed by atoms with E-state index in [4.69, 9.17) is 8.92 Å². The quantitative estimate of drug-likeness (QED) is 0.0407. The number of esters is 1. The maximum absolute atomic E-state index is 13.0. The Bertz CT molecular complexity index is 1310. The van der Waals surface area contributed by atoms with Crippen molar-refractivity contribution >= 4 is 39.2 Å². The molecule has 8 nitrogen and oxygen atoms in total. The molecule has 16 heteroatoms. The highest BCUT2D eigenvalue weighted by Crippen LogP contribution is 2.41. The summed E-state index contributed by atoms with van der Waals surface area (Å²) in [6, 6.07) is 12.8. The predicted molar refractivity (Wildman–Crippen MR) is 107 cm³/mol. The summed E-state index contributed by atoms with van der Waals surface area (Å²) in [5.41, 5.74) is -6.70. The van der Waals surface area contributed by atoms with Crippen LogP contribution in [0.25, 0.3) is 10.8 Å². The summed E-state index contributed by atoms with van der Waals surface area (Å²) in [7, 11) is -6.24. The number of hydrogen-bond donors (Lipinski definition) is 0. The maximum Gasteiger partial charge on any atom is 0.550 e. The molecule has 0 aromatic heterocycles. The van der Waals surface area contributed by atoms with Gasteiger partial charge in [-0.05, 0) is 12.1 Å². The van der Waals surface area contributed by atoms with Crippen molar-refractivity contribution < 1.29 is 61.9 Å². The molecule has 0 heterocycles. The standard InChI is InChI=1S/C19H10F6O8S2/c20-18(21,22)32-33-34-30-15-10-14(17(26)29-11-6-2-1-3-7-11)16(13-9-5-4-8-12(13)15)31-35(27,28)19(23,24)25/h1-10H. The zero-order valence-corrected chi connectivity index (χ0v) is 18.3. The normalized spacial score (nSPS) is 12.4. The molecule has 3 aromatic rings. The second-order valence-corrected chi connectivity index (χ2v) is 8.21. The van der Waals surface area contributed by atoms with Gasteiger partial charge in [0.2, 0.25) is 0 Å². The molecule has 0 atom stereocenters. The van der Waals surface area contributed by atoms with Gasteiger partial charge in [0, 0.05) is 16.8 Å². The van der Waals surface area contributed by atoms with E-state index in [9.17, 15) is 39.6 Å². The number of carbonyl (C=O) groups excluding carboxylic acids is 1. The Morgan fingerprint density at radius 1 is 0.857 bits per heavy atom. The highest BCUT2D eigenvalue weighted by molar-refractivity contribution is 7.90. The second-order valence-electron chi connectivity index (χ2n) is 6.23. The first-order valence-electron chi connectivity index (χ1n) is 8.88. The van der Waals surface area contributed by atoms with Crippen molar-refractivity contribution in [3.05, 3.63) is 66.2 Å². The first-order valence-corrected chi connectivity index (χ1v) is 11.0. The van der Waals surface area contributed by atoms with Gasteiger partial charge in [0.25, 0.3) is 12.3 Å². The molecular formula is C19H10F6O8S2. The van der Waals surface area contributed by atoms with Gasteiger partial charge in [-0.1, -0.05) is 42.5 Å². The smallest absolute Gasteiger partial charge is 0.423 e. The largest absolute Gasteiger partial charge is 0.550 e. The van der Waals surface area contributed by atoms with Crippen LogP contribution < -0.4 is 13.1 Å². The highest BCUT2D eigenvalue weighted by atomic mass is 32.2. The number of rotatable bonds is 8. The molecule has 0 radical (unpaired) electrons. The van der Waals surface area contributed by atoms with Gasteiger partial charge >= 0.3 is 28.0 Å². The third-order valence-electron chi connectivity index (χ3n) is 3.89. The van der Waals surface area contributed by atoms with Crippen molar-refractivity contribution in [3.8, 4) is 17.2 Å². The average Bonchev–Trinajstić information content (AvgIpc) is 2.76. The Morgan fingerprint density at radius 3 is 2.06 bits per heavy atom. The third kappa shape index (κ3) is 6.68. The fraction of sp³-hybridized carbons (Fsp3) is 0.105. The van der Waals surface area contributed by atoms with Crippen molar-refractivity contribution in [2.75, 3.05) is 0 Å². The van der Waals surface area contributed by atoms with Crippen molar-refractivity contribution in [2.24, 2.45) is 0 Å².